The van der Waals surface area contributed by atoms with Gasteiger partial charge in [-0.3, -0.25) is 4.79 Å². The zero-order valence-corrected chi connectivity index (χ0v) is 11.4. The molecule has 0 heterocycles. The van der Waals surface area contributed by atoms with E-state index in [1.165, 1.54) is 26.2 Å². The maximum Gasteiger partial charge on any atom is 0.164 e. The molecular weight excluding hydrogens is 256 g/mol. The first kappa shape index (κ1) is 13.9. The van der Waals surface area contributed by atoms with Gasteiger partial charge in [-0.15, -0.1) is 0 Å². The second-order valence-electron chi connectivity index (χ2n) is 4.35. The number of phenolic OH excluding ortho intramolecular Hbond substituents is 1. The van der Waals surface area contributed by atoms with Gasteiger partial charge in [-0.05, 0) is 18.6 Å². The van der Waals surface area contributed by atoms with Gasteiger partial charge in [-0.1, -0.05) is 30.3 Å². The summed E-state index contributed by atoms with van der Waals surface area (Å²) in [6.45, 7) is 1.75. The van der Waals surface area contributed by atoms with Gasteiger partial charge in [0.15, 0.2) is 17.3 Å². The molecule has 4 nitrogen and oxygen atoms in total. The maximum absolute atomic E-state index is 11.4. The Morgan fingerprint density at radius 1 is 1.15 bits per heavy atom. The summed E-state index contributed by atoms with van der Waals surface area (Å²) in [7, 11) is 1.48. The number of carbonyl (C=O) groups is 1. The van der Waals surface area contributed by atoms with E-state index in [1.807, 2.05) is 30.3 Å². The van der Waals surface area contributed by atoms with Gasteiger partial charge in [0.05, 0.1) is 12.7 Å². The molecule has 0 bridgehead atoms. The Morgan fingerprint density at radius 3 is 2.45 bits per heavy atom. The minimum Gasteiger partial charge on any atom is -0.507 e. The fourth-order valence-electron chi connectivity index (χ4n) is 1.84. The molecule has 2 rings (SSSR count). The molecule has 0 atom stereocenters. The Labute approximate surface area is 117 Å². The van der Waals surface area contributed by atoms with Gasteiger partial charge in [-0.25, -0.2) is 0 Å². The van der Waals surface area contributed by atoms with Gasteiger partial charge in [0.2, 0.25) is 0 Å². The third kappa shape index (κ3) is 3.09. The van der Waals surface area contributed by atoms with Gasteiger partial charge >= 0.3 is 0 Å². The summed E-state index contributed by atoms with van der Waals surface area (Å²) in [5, 5.41) is 9.75. The Balaban J connectivity index is 2.25. The van der Waals surface area contributed by atoms with Crippen molar-refractivity contribution in [3.63, 3.8) is 0 Å². The van der Waals surface area contributed by atoms with Crippen molar-refractivity contribution in [2.24, 2.45) is 0 Å². The molecule has 0 aliphatic rings. The monoisotopic (exact) mass is 272 g/mol. The van der Waals surface area contributed by atoms with E-state index >= 15 is 0 Å². The van der Waals surface area contributed by atoms with Crippen molar-refractivity contribution in [1.29, 1.82) is 0 Å². The van der Waals surface area contributed by atoms with Crippen LogP contribution >= 0.6 is 0 Å². The number of methoxy groups -OCH3 is 1. The predicted molar refractivity (Wildman–Crippen MR) is 75.4 cm³/mol. The van der Waals surface area contributed by atoms with Crippen LogP contribution in [0.4, 0.5) is 0 Å². The van der Waals surface area contributed by atoms with Crippen LogP contribution < -0.4 is 9.47 Å². The number of benzene rings is 2. The zero-order valence-electron chi connectivity index (χ0n) is 11.4. The lowest BCUT2D eigenvalue weighted by molar-refractivity contribution is 0.101. The summed E-state index contributed by atoms with van der Waals surface area (Å²) in [5.41, 5.74) is 1.22. The zero-order chi connectivity index (χ0) is 14.5. The van der Waals surface area contributed by atoms with Crippen molar-refractivity contribution in [2.75, 3.05) is 7.11 Å². The third-order valence-corrected chi connectivity index (χ3v) is 2.90. The highest BCUT2D eigenvalue weighted by atomic mass is 16.5. The fourth-order valence-corrected chi connectivity index (χ4v) is 1.84. The summed E-state index contributed by atoms with van der Waals surface area (Å²) in [6.07, 6.45) is 0. The topological polar surface area (TPSA) is 55.8 Å². The van der Waals surface area contributed by atoms with Crippen molar-refractivity contribution in [3.05, 3.63) is 53.6 Å². The van der Waals surface area contributed by atoms with Gasteiger partial charge < -0.3 is 14.6 Å². The van der Waals surface area contributed by atoms with E-state index in [0.717, 1.165) is 5.56 Å². The van der Waals surface area contributed by atoms with Gasteiger partial charge in [-0.2, -0.15) is 0 Å². The van der Waals surface area contributed by atoms with E-state index in [4.69, 9.17) is 9.47 Å². The van der Waals surface area contributed by atoms with E-state index in [9.17, 15) is 9.90 Å². The quantitative estimate of drug-likeness (QED) is 0.849. The van der Waals surface area contributed by atoms with Crippen LogP contribution in [0.2, 0.25) is 0 Å². The molecule has 2 aromatic rings. The smallest absolute Gasteiger partial charge is 0.164 e. The standard InChI is InChI=1S/C16H16O4/c1-11(17)13-8-16(15(19-2)9-14(13)18)20-10-12-6-4-3-5-7-12/h3-9,18H,10H2,1-2H3. The summed E-state index contributed by atoms with van der Waals surface area (Å²) in [5.74, 6) is 0.485. The van der Waals surface area contributed by atoms with E-state index in [-0.39, 0.29) is 17.1 Å². The number of phenols is 1. The second kappa shape index (κ2) is 6.10. The number of aromatic hydroxyl groups is 1. The van der Waals surface area contributed by atoms with Crippen LogP contribution in [0.5, 0.6) is 17.2 Å². The van der Waals surface area contributed by atoms with Crippen LogP contribution in [0.25, 0.3) is 0 Å². The van der Waals surface area contributed by atoms with Crippen molar-refractivity contribution in [3.8, 4) is 17.2 Å². The van der Waals surface area contributed by atoms with Crippen LogP contribution in [0, 0.1) is 0 Å². The molecule has 104 valence electrons. The molecule has 0 aliphatic heterocycles. The van der Waals surface area contributed by atoms with Crippen LogP contribution in [-0.4, -0.2) is 18.0 Å². The highest BCUT2D eigenvalue weighted by molar-refractivity contribution is 5.97. The highest BCUT2D eigenvalue weighted by Crippen LogP contribution is 2.34. The van der Waals surface area contributed by atoms with E-state index in [0.29, 0.717) is 18.1 Å². The summed E-state index contributed by atoms with van der Waals surface area (Å²) >= 11 is 0. The predicted octanol–water partition coefficient (Wildman–Crippen LogP) is 3.18. The molecule has 4 heteroatoms. The SMILES string of the molecule is COc1cc(O)c(C(C)=O)cc1OCc1ccccc1. The molecule has 2 aromatic carbocycles. The number of ketones is 1. The second-order valence-corrected chi connectivity index (χ2v) is 4.35. The largest absolute Gasteiger partial charge is 0.507 e. The number of Topliss-reactive ketones (excluding diaryl/α,β-unsaturated/α-hetero) is 1. The number of rotatable bonds is 5. The minimum atomic E-state index is -0.227. The van der Waals surface area contributed by atoms with E-state index in [2.05, 4.69) is 0 Å². The molecule has 0 unspecified atom stereocenters. The first-order valence-corrected chi connectivity index (χ1v) is 6.20. The lowest BCUT2D eigenvalue weighted by atomic mass is 10.1. The molecule has 0 saturated heterocycles. The number of hydrogen-bond donors (Lipinski definition) is 1. The molecule has 0 fully saturated rings. The van der Waals surface area contributed by atoms with Gasteiger partial charge in [0, 0.05) is 6.07 Å². The summed E-state index contributed by atoms with van der Waals surface area (Å²) in [4.78, 5) is 11.4. The molecule has 0 spiro atoms. The number of ether oxygens (including phenoxy) is 2. The Morgan fingerprint density at radius 2 is 1.85 bits per heavy atom. The number of carbonyl (C=O) groups excluding carboxylic acids is 1. The molecule has 0 amide bonds. The van der Waals surface area contributed by atoms with Crippen molar-refractivity contribution in [2.45, 2.75) is 13.5 Å². The van der Waals surface area contributed by atoms with Crippen LogP contribution in [0.3, 0.4) is 0 Å². The number of hydrogen-bond acceptors (Lipinski definition) is 4. The summed E-state index contributed by atoms with van der Waals surface area (Å²) < 4.78 is 10.8. The first-order valence-electron chi connectivity index (χ1n) is 6.20. The van der Waals surface area contributed by atoms with E-state index in [1.54, 1.807) is 0 Å². The Bertz CT molecular complexity index is 605. The van der Waals surface area contributed by atoms with Gasteiger partial charge in [0.1, 0.15) is 12.4 Å². The van der Waals surface area contributed by atoms with Crippen LogP contribution in [0.15, 0.2) is 42.5 Å². The highest BCUT2D eigenvalue weighted by Gasteiger charge is 2.14. The van der Waals surface area contributed by atoms with Crippen LogP contribution in [0.1, 0.15) is 22.8 Å². The van der Waals surface area contributed by atoms with Crippen molar-refractivity contribution >= 4 is 5.78 Å². The van der Waals surface area contributed by atoms with Crippen molar-refractivity contribution in [1.82, 2.24) is 0 Å². The van der Waals surface area contributed by atoms with Gasteiger partial charge in [0.25, 0.3) is 0 Å². The molecule has 1 N–H and O–H groups in total. The normalized spacial score (nSPS) is 10.1. The van der Waals surface area contributed by atoms with Crippen molar-refractivity contribution < 1.29 is 19.4 Å². The fraction of sp³-hybridized carbons (Fsp3) is 0.188. The maximum atomic E-state index is 11.4. The minimum absolute atomic E-state index is 0.110. The lowest BCUT2D eigenvalue weighted by Gasteiger charge is -2.13. The molecule has 0 radical (unpaired) electrons. The lowest BCUT2D eigenvalue weighted by Crippen LogP contribution is -2.00. The molecule has 0 aliphatic carbocycles. The average molecular weight is 272 g/mol. The van der Waals surface area contributed by atoms with E-state index < -0.39 is 0 Å². The average Bonchev–Trinajstić information content (AvgIpc) is 2.46. The third-order valence-electron chi connectivity index (χ3n) is 2.90. The molecule has 0 aromatic heterocycles. The molecular formula is C16H16O4. The summed E-state index contributed by atoms with van der Waals surface area (Å²) in [6, 6.07) is 12.5. The Kier molecular flexibility index (Phi) is 4.25. The first-order chi connectivity index (χ1) is 9.61. The molecule has 0 saturated carbocycles. The molecule has 20 heavy (non-hydrogen) atoms. The Hall–Kier alpha value is -2.49. The van der Waals surface area contributed by atoms with Crippen LogP contribution in [-0.2, 0) is 6.61 Å².